The minimum atomic E-state index is -3.97. The molecule has 1 N–H and O–H groups in total. The van der Waals surface area contributed by atoms with Crippen LogP contribution in [0.3, 0.4) is 0 Å². The quantitative estimate of drug-likeness (QED) is 0.179. The molecule has 0 aliphatic carbocycles. The molecule has 0 saturated carbocycles. The van der Waals surface area contributed by atoms with E-state index >= 15 is 0 Å². The van der Waals surface area contributed by atoms with E-state index in [2.05, 4.69) is 91.0 Å². The number of hydrogen-bond acceptors (Lipinski definition) is 4. The first-order valence-electron chi connectivity index (χ1n) is 18.1. The third-order valence-corrected chi connectivity index (χ3v) is 14.7. The third kappa shape index (κ3) is 5.42. The molecule has 0 spiro atoms. The van der Waals surface area contributed by atoms with Crippen molar-refractivity contribution in [2.75, 3.05) is 0 Å². The normalized spacial score (nSPS) is 16.1. The predicted molar refractivity (Wildman–Crippen MR) is 224 cm³/mol. The Balaban J connectivity index is 1.11. The van der Waals surface area contributed by atoms with Gasteiger partial charge in [0.2, 0.25) is 16.6 Å². The maximum absolute atomic E-state index is 14.6. The Bertz CT molecular complexity index is 2920. The van der Waals surface area contributed by atoms with Gasteiger partial charge in [-0.05, 0) is 121 Å². The van der Waals surface area contributed by atoms with Crippen LogP contribution in [-0.4, -0.2) is 19.3 Å². The smallest absolute Gasteiger partial charge is 0.245 e. The van der Waals surface area contributed by atoms with Gasteiger partial charge in [-0.1, -0.05) is 139 Å². The molecule has 0 amide bonds. The van der Waals surface area contributed by atoms with Crippen molar-refractivity contribution in [3.8, 4) is 55.6 Å². The molecule has 2 aliphatic rings. The second kappa shape index (κ2) is 12.7. The topological polar surface area (TPSA) is 75.1 Å². The molecule has 55 heavy (non-hydrogen) atoms. The Labute approximate surface area is 321 Å². The van der Waals surface area contributed by atoms with Crippen LogP contribution in [0.25, 0.3) is 55.6 Å². The maximum atomic E-state index is 14.6. The summed E-state index contributed by atoms with van der Waals surface area (Å²) >= 11 is 0. The van der Waals surface area contributed by atoms with Crippen molar-refractivity contribution in [1.82, 2.24) is 0 Å². The summed E-state index contributed by atoms with van der Waals surface area (Å²) in [6.07, 6.45) is 0. The molecular weight excluding hydrogens is 713 g/mol. The van der Waals surface area contributed by atoms with Crippen LogP contribution >= 0.6 is 0 Å². The van der Waals surface area contributed by atoms with Crippen LogP contribution in [0.4, 0.5) is 0 Å². The molecule has 8 aromatic rings. The van der Waals surface area contributed by atoms with Crippen molar-refractivity contribution in [3.05, 3.63) is 188 Å². The van der Waals surface area contributed by atoms with Crippen LogP contribution in [0.5, 0.6) is 0 Å². The number of sulfone groups is 1. The fourth-order valence-corrected chi connectivity index (χ4v) is 12.0. The lowest BCUT2D eigenvalue weighted by molar-refractivity contribution is 0.596. The summed E-state index contributed by atoms with van der Waals surface area (Å²) in [7, 11) is -7.50. The highest BCUT2D eigenvalue weighted by molar-refractivity contribution is 7.94. The van der Waals surface area contributed by atoms with Crippen molar-refractivity contribution in [2.24, 2.45) is 0 Å². The molecule has 0 aromatic heterocycles. The number of benzene rings is 8. The molecule has 0 radical (unpaired) electrons. The molecular formula is C48H32BNO3S2. The largest absolute Gasteiger partial charge is 0.247 e. The Morgan fingerprint density at radius 2 is 0.691 bits per heavy atom. The molecule has 0 fully saturated rings. The number of hydrogen-bond donors (Lipinski definition) is 1. The van der Waals surface area contributed by atoms with Gasteiger partial charge in [-0.2, -0.15) is 0 Å². The SMILES string of the molecule is N=S1(=O)c2ccccc2B2c3ccccc3S(=O)(=O)c3cc(-c4cccc(-c5cccc(-c6cc(-c7ccccc7)cc(-c7ccccc7)c6)c5)c4)cc1c32. The highest BCUT2D eigenvalue weighted by Gasteiger charge is 2.46. The van der Waals surface area contributed by atoms with E-state index in [-0.39, 0.29) is 14.7 Å². The van der Waals surface area contributed by atoms with Gasteiger partial charge in [-0.15, -0.1) is 0 Å². The molecule has 2 aliphatic heterocycles. The van der Waals surface area contributed by atoms with E-state index in [0.29, 0.717) is 21.4 Å². The molecule has 0 saturated heterocycles. The first kappa shape index (κ1) is 33.3. The van der Waals surface area contributed by atoms with Gasteiger partial charge in [0.25, 0.3) is 0 Å². The molecule has 7 heteroatoms. The van der Waals surface area contributed by atoms with Crippen molar-refractivity contribution < 1.29 is 12.6 Å². The van der Waals surface area contributed by atoms with Gasteiger partial charge in [0.1, 0.15) is 9.73 Å². The summed E-state index contributed by atoms with van der Waals surface area (Å²) in [6, 6.07) is 61.9. The second-order valence-electron chi connectivity index (χ2n) is 14.1. The Kier molecular flexibility index (Phi) is 7.67. The van der Waals surface area contributed by atoms with Crippen LogP contribution in [0, 0.1) is 4.78 Å². The van der Waals surface area contributed by atoms with E-state index < -0.39 is 26.3 Å². The van der Waals surface area contributed by atoms with Crippen LogP contribution in [-0.2, 0) is 19.6 Å². The van der Waals surface area contributed by atoms with E-state index in [0.717, 1.165) is 55.5 Å². The van der Waals surface area contributed by atoms with Crippen LogP contribution in [0.1, 0.15) is 0 Å². The van der Waals surface area contributed by atoms with Crippen molar-refractivity contribution in [2.45, 2.75) is 19.6 Å². The van der Waals surface area contributed by atoms with E-state index in [1.165, 1.54) is 0 Å². The Morgan fingerprint density at radius 1 is 0.327 bits per heavy atom. The zero-order valence-corrected chi connectivity index (χ0v) is 31.1. The van der Waals surface area contributed by atoms with Gasteiger partial charge in [-0.25, -0.2) is 17.4 Å². The molecule has 2 heterocycles. The lowest BCUT2D eigenvalue weighted by Gasteiger charge is -2.34. The minimum absolute atomic E-state index is 0.123. The van der Waals surface area contributed by atoms with Gasteiger partial charge in [0, 0.05) is 9.79 Å². The summed E-state index contributed by atoms with van der Waals surface area (Å²) in [4.78, 5) is 1.07. The molecule has 4 nitrogen and oxygen atoms in total. The van der Waals surface area contributed by atoms with Crippen molar-refractivity contribution in [1.29, 1.82) is 4.78 Å². The van der Waals surface area contributed by atoms with Crippen LogP contribution in [0.2, 0.25) is 0 Å². The van der Waals surface area contributed by atoms with Gasteiger partial charge < -0.3 is 0 Å². The number of rotatable bonds is 5. The molecule has 0 bridgehead atoms. The molecule has 8 aromatic carbocycles. The second-order valence-corrected chi connectivity index (χ2v) is 18.0. The van der Waals surface area contributed by atoms with Gasteiger partial charge in [0.05, 0.1) is 9.79 Å². The highest BCUT2D eigenvalue weighted by atomic mass is 32.2. The summed E-state index contributed by atoms with van der Waals surface area (Å²) in [5.41, 5.74) is 11.9. The van der Waals surface area contributed by atoms with E-state index in [1.807, 2.05) is 60.7 Å². The fraction of sp³-hybridized carbons (Fsp3) is 0. The van der Waals surface area contributed by atoms with Crippen LogP contribution in [0.15, 0.2) is 208 Å². The first-order valence-corrected chi connectivity index (χ1v) is 21.2. The van der Waals surface area contributed by atoms with Crippen LogP contribution < -0.4 is 16.4 Å². The Hall–Kier alpha value is -6.28. The maximum Gasteiger partial charge on any atom is 0.247 e. The average Bonchev–Trinajstić information content (AvgIpc) is 3.24. The molecule has 262 valence electrons. The van der Waals surface area contributed by atoms with E-state index in [9.17, 15) is 17.4 Å². The minimum Gasteiger partial charge on any atom is -0.245 e. The fourth-order valence-electron chi connectivity index (χ4n) is 8.32. The summed E-state index contributed by atoms with van der Waals surface area (Å²) in [5, 5.41) is 0. The van der Waals surface area contributed by atoms with Gasteiger partial charge in [-0.3, -0.25) is 0 Å². The van der Waals surface area contributed by atoms with Crippen molar-refractivity contribution >= 4 is 42.7 Å². The van der Waals surface area contributed by atoms with Gasteiger partial charge >= 0.3 is 0 Å². The predicted octanol–water partition coefficient (Wildman–Crippen LogP) is 9.46. The number of fused-ring (bicyclic) bond motifs is 4. The standard InChI is InChI=1S/C48H32BNO3S2/c50-54(51)44-23-9-7-21-42(44)49-43-22-8-10-24-45(43)55(52,53)47-31-41(30-46(54)48(47)49)37-20-12-18-35(26-37)34-17-11-19-36(25-34)40-28-38(32-13-3-1-4-14-32)27-39(29-40)33-15-5-2-6-16-33/h1-31,50H. The first-order chi connectivity index (χ1) is 26.8. The monoisotopic (exact) mass is 745 g/mol. The van der Waals surface area contributed by atoms with Crippen molar-refractivity contribution in [3.63, 3.8) is 0 Å². The zero-order chi connectivity index (χ0) is 37.3. The summed E-state index contributed by atoms with van der Waals surface area (Å²) in [5.74, 6) is 0. The summed E-state index contributed by atoms with van der Waals surface area (Å²) in [6.45, 7) is -0.438. The highest BCUT2D eigenvalue weighted by Crippen LogP contribution is 2.38. The number of nitrogens with one attached hydrogen (secondary N) is 1. The average molecular weight is 746 g/mol. The Morgan fingerprint density at radius 3 is 1.24 bits per heavy atom. The summed E-state index contributed by atoms with van der Waals surface area (Å²) < 4.78 is 52.6. The third-order valence-electron chi connectivity index (χ3n) is 10.9. The van der Waals surface area contributed by atoms with E-state index in [1.54, 1.807) is 36.4 Å². The lowest BCUT2D eigenvalue weighted by Crippen LogP contribution is -2.62. The lowest BCUT2D eigenvalue weighted by atomic mass is 9.36. The van der Waals surface area contributed by atoms with E-state index in [4.69, 9.17) is 0 Å². The molecule has 1 unspecified atom stereocenters. The molecule has 10 rings (SSSR count). The molecule has 1 atom stereocenters. The zero-order valence-electron chi connectivity index (χ0n) is 29.5. The van der Waals surface area contributed by atoms with Gasteiger partial charge in [0.15, 0.2) is 0 Å².